The van der Waals surface area contributed by atoms with Crippen molar-refractivity contribution in [3.63, 3.8) is 0 Å². The van der Waals surface area contributed by atoms with E-state index in [-0.39, 0.29) is 18.4 Å². The molecule has 19 heavy (non-hydrogen) atoms. The van der Waals surface area contributed by atoms with Crippen molar-refractivity contribution >= 4 is 28.1 Å². The summed E-state index contributed by atoms with van der Waals surface area (Å²) in [6, 6.07) is 7.15. The second kappa shape index (κ2) is 7.69. The van der Waals surface area contributed by atoms with E-state index in [4.69, 9.17) is 0 Å². The van der Waals surface area contributed by atoms with Gasteiger partial charge in [-0.05, 0) is 31.5 Å². The van der Waals surface area contributed by atoms with Crippen LogP contribution in [0.2, 0.25) is 0 Å². The summed E-state index contributed by atoms with van der Waals surface area (Å²) in [6.45, 7) is 3.92. The lowest BCUT2D eigenvalue weighted by Crippen LogP contribution is -2.36. The molecule has 0 saturated heterocycles. The molecule has 0 aliphatic heterocycles. The molecule has 1 aromatic rings. The van der Waals surface area contributed by atoms with E-state index in [1.165, 1.54) is 0 Å². The van der Waals surface area contributed by atoms with Crippen LogP contribution in [-0.4, -0.2) is 32.0 Å². The lowest BCUT2D eigenvalue weighted by atomic mass is 10.1. The minimum Gasteiger partial charge on any atom is -0.378 e. The van der Waals surface area contributed by atoms with Crippen LogP contribution in [0, 0.1) is 0 Å². The molecule has 3 N–H and O–H groups in total. The smallest absolute Gasteiger partial charge is 0.229 e. The van der Waals surface area contributed by atoms with Gasteiger partial charge in [-0.25, -0.2) is 8.42 Å². The summed E-state index contributed by atoms with van der Waals surface area (Å²) in [4.78, 5) is 0. The zero-order chi connectivity index (χ0) is 13.8. The SMILES string of the molecule is CC(C)NC(O)Cc1ccc(NS(C)(=O)=O)cc1.Cl. The van der Waals surface area contributed by atoms with Gasteiger partial charge >= 0.3 is 0 Å². The number of rotatable bonds is 6. The third-order valence-electron chi connectivity index (χ3n) is 2.21. The van der Waals surface area contributed by atoms with Crippen molar-refractivity contribution in [2.45, 2.75) is 32.5 Å². The van der Waals surface area contributed by atoms with Crippen molar-refractivity contribution in [1.82, 2.24) is 5.32 Å². The fourth-order valence-electron chi connectivity index (χ4n) is 1.59. The first-order chi connectivity index (χ1) is 8.26. The Kier molecular flexibility index (Phi) is 7.36. The standard InChI is InChI=1S/C12H20N2O3S.ClH/c1-9(2)13-12(15)8-10-4-6-11(7-5-10)14-18(3,16)17;/h4-7,9,12-15H,8H2,1-3H3;1H. The fraction of sp³-hybridized carbons (Fsp3) is 0.500. The molecule has 1 unspecified atom stereocenters. The molecule has 0 amide bonds. The molecule has 1 atom stereocenters. The van der Waals surface area contributed by atoms with Crippen LogP contribution in [0.15, 0.2) is 24.3 Å². The van der Waals surface area contributed by atoms with Crippen LogP contribution in [0.5, 0.6) is 0 Å². The van der Waals surface area contributed by atoms with Gasteiger partial charge in [0.2, 0.25) is 10.0 Å². The maximum atomic E-state index is 11.0. The summed E-state index contributed by atoms with van der Waals surface area (Å²) in [6.07, 6.45) is 0.993. The van der Waals surface area contributed by atoms with Crippen molar-refractivity contribution in [1.29, 1.82) is 0 Å². The number of sulfonamides is 1. The van der Waals surface area contributed by atoms with E-state index in [9.17, 15) is 13.5 Å². The van der Waals surface area contributed by atoms with Crippen LogP contribution in [0.4, 0.5) is 5.69 Å². The Labute approximate surface area is 120 Å². The number of halogens is 1. The molecule has 0 aromatic heterocycles. The molecule has 0 aliphatic carbocycles. The Morgan fingerprint density at radius 2 is 1.74 bits per heavy atom. The monoisotopic (exact) mass is 308 g/mol. The summed E-state index contributed by atoms with van der Waals surface area (Å²) in [7, 11) is -3.24. The molecular formula is C12H21ClN2O3S. The van der Waals surface area contributed by atoms with Crippen LogP contribution < -0.4 is 10.0 Å². The molecule has 5 nitrogen and oxygen atoms in total. The molecule has 0 spiro atoms. The van der Waals surface area contributed by atoms with Crippen molar-refractivity contribution in [2.75, 3.05) is 11.0 Å². The van der Waals surface area contributed by atoms with Crippen molar-refractivity contribution in [2.24, 2.45) is 0 Å². The molecule has 0 saturated carbocycles. The van der Waals surface area contributed by atoms with Crippen molar-refractivity contribution < 1.29 is 13.5 Å². The largest absolute Gasteiger partial charge is 0.378 e. The van der Waals surface area contributed by atoms with E-state index in [0.717, 1.165) is 11.8 Å². The molecule has 1 rings (SSSR count). The van der Waals surface area contributed by atoms with Gasteiger partial charge < -0.3 is 5.11 Å². The summed E-state index contributed by atoms with van der Waals surface area (Å²) in [5, 5.41) is 12.7. The zero-order valence-corrected chi connectivity index (χ0v) is 12.9. The number of hydrogen-bond donors (Lipinski definition) is 3. The highest BCUT2D eigenvalue weighted by molar-refractivity contribution is 7.92. The van der Waals surface area contributed by atoms with Crippen molar-refractivity contribution in [3.8, 4) is 0 Å². The lowest BCUT2D eigenvalue weighted by molar-refractivity contribution is 0.127. The third kappa shape index (κ3) is 8.05. The topological polar surface area (TPSA) is 78.4 Å². The van der Waals surface area contributed by atoms with Crippen LogP contribution >= 0.6 is 12.4 Å². The second-order valence-corrected chi connectivity index (χ2v) is 6.36. The van der Waals surface area contributed by atoms with Gasteiger partial charge in [0.25, 0.3) is 0 Å². The Hall–Kier alpha value is -0.820. The number of nitrogens with one attached hydrogen (secondary N) is 2. The van der Waals surface area contributed by atoms with E-state index < -0.39 is 16.3 Å². The number of benzene rings is 1. The summed E-state index contributed by atoms with van der Waals surface area (Å²) >= 11 is 0. The summed E-state index contributed by atoms with van der Waals surface area (Å²) < 4.78 is 24.4. The minimum absolute atomic E-state index is 0. The first kappa shape index (κ1) is 18.2. The molecular weight excluding hydrogens is 288 g/mol. The Balaban J connectivity index is 0.00000324. The van der Waals surface area contributed by atoms with E-state index in [0.29, 0.717) is 12.1 Å². The maximum absolute atomic E-state index is 11.0. The number of hydrogen-bond acceptors (Lipinski definition) is 4. The molecule has 0 fully saturated rings. The number of aliphatic hydroxyl groups excluding tert-OH is 1. The lowest BCUT2D eigenvalue weighted by Gasteiger charge is -2.15. The Bertz CT molecular complexity index is 474. The van der Waals surface area contributed by atoms with E-state index in [2.05, 4.69) is 10.0 Å². The average molecular weight is 309 g/mol. The van der Waals surface area contributed by atoms with E-state index in [1.807, 2.05) is 13.8 Å². The third-order valence-corrected chi connectivity index (χ3v) is 2.82. The van der Waals surface area contributed by atoms with Gasteiger partial charge in [-0.1, -0.05) is 12.1 Å². The Morgan fingerprint density at radius 3 is 2.16 bits per heavy atom. The highest BCUT2D eigenvalue weighted by Gasteiger charge is 2.07. The van der Waals surface area contributed by atoms with Crippen LogP contribution in [0.25, 0.3) is 0 Å². The van der Waals surface area contributed by atoms with Gasteiger partial charge in [0, 0.05) is 18.2 Å². The summed E-state index contributed by atoms with van der Waals surface area (Å²) in [5.41, 5.74) is 1.46. The zero-order valence-electron chi connectivity index (χ0n) is 11.3. The van der Waals surface area contributed by atoms with Crippen LogP contribution in [-0.2, 0) is 16.4 Å². The molecule has 0 radical (unpaired) electrons. The predicted molar refractivity (Wildman–Crippen MR) is 80.1 cm³/mol. The molecule has 0 aliphatic rings. The molecule has 110 valence electrons. The second-order valence-electron chi connectivity index (χ2n) is 4.61. The van der Waals surface area contributed by atoms with Crippen molar-refractivity contribution in [3.05, 3.63) is 29.8 Å². The summed E-state index contributed by atoms with van der Waals surface area (Å²) in [5.74, 6) is 0. The molecule has 7 heteroatoms. The maximum Gasteiger partial charge on any atom is 0.229 e. The highest BCUT2D eigenvalue weighted by atomic mass is 35.5. The Morgan fingerprint density at radius 1 is 1.21 bits per heavy atom. The van der Waals surface area contributed by atoms with Gasteiger partial charge in [-0.3, -0.25) is 10.0 Å². The van der Waals surface area contributed by atoms with Crippen LogP contribution in [0.3, 0.4) is 0 Å². The van der Waals surface area contributed by atoms with E-state index >= 15 is 0 Å². The average Bonchev–Trinajstić information content (AvgIpc) is 2.17. The normalized spacial score (nSPS) is 12.9. The first-order valence-electron chi connectivity index (χ1n) is 5.77. The number of aliphatic hydroxyl groups is 1. The minimum atomic E-state index is -3.24. The van der Waals surface area contributed by atoms with Gasteiger partial charge in [0.1, 0.15) is 6.23 Å². The molecule has 0 bridgehead atoms. The molecule has 1 aromatic carbocycles. The fourth-order valence-corrected chi connectivity index (χ4v) is 2.15. The van der Waals surface area contributed by atoms with Gasteiger partial charge in [0.05, 0.1) is 6.26 Å². The van der Waals surface area contributed by atoms with Gasteiger partial charge in [0.15, 0.2) is 0 Å². The van der Waals surface area contributed by atoms with Gasteiger partial charge in [-0.15, -0.1) is 12.4 Å². The first-order valence-corrected chi connectivity index (χ1v) is 7.66. The van der Waals surface area contributed by atoms with Gasteiger partial charge in [-0.2, -0.15) is 0 Å². The van der Waals surface area contributed by atoms with E-state index in [1.54, 1.807) is 24.3 Å². The quantitative estimate of drug-likeness (QED) is 0.693. The number of anilines is 1. The molecule has 0 heterocycles. The highest BCUT2D eigenvalue weighted by Crippen LogP contribution is 2.12. The predicted octanol–water partition coefficient (Wildman–Crippen LogP) is 1.34. The van der Waals surface area contributed by atoms with Crippen LogP contribution in [0.1, 0.15) is 19.4 Å².